The highest BCUT2D eigenvalue weighted by Gasteiger charge is 2.38. The second-order valence-corrected chi connectivity index (χ2v) is 9.13. The molecule has 0 aromatic carbocycles. The van der Waals surface area contributed by atoms with Crippen molar-refractivity contribution in [2.75, 3.05) is 24.7 Å². The third-order valence-electron chi connectivity index (χ3n) is 5.00. The molecule has 2 N–H and O–H groups in total. The second-order valence-electron chi connectivity index (χ2n) is 7.15. The lowest BCUT2D eigenvalue weighted by Crippen LogP contribution is -2.42. The van der Waals surface area contributed by atoms with E-state index in [1.807, 2.05) is 0 Å². The van der Waals surface area contributed by atoms with Crippen LogP contribution in [-0.2, 0) is 16.2 Å². The number of hydrogen-bond donors (Lipinski definition) is 2. The average molecular weight is 424 g/mol. The summed E-state index contributed by atoms with van der Waals surface area (Å²) in [6.07, 6.45) is -1.88. The molecule has 2 atom stereocenters. The fraction of sp³-hybridized carbons (Fsp3) is 0.750. The summed E-state index contributed by atoms with van der Waals surface area (Å²) >= 11 is 0. The van der Waals surface area contributed by atoms with Gasteiger partial charge in [0, 0.05) is 25.3 Å². The fourth-order valence-electron chi connectivity index (χ4n) is 3.42. The molecule has 28 heavy (non-hydrogen) atoms. The van der Waals surface area contributed by atoms with Gasteiger partial charge in [0.1, 0.15) is 11.7 Å². The maximum absolute atomic E-state index is 13.3. The summed E-state index contributed by atoms with van der Waals surface area (Å²) in [5.41, 5.74) is -1.09. The van der Waals surface area contributed by atoms with Crippen LogP contribution in [0.15, 0.2) is 6.20 Å². The van der Waals surface area contributed by atoms with Crippen molar-refractivity contribution < 1.29 is 31.4 Å². The number of nitrogens with zero attached hydrogens (tertiary/aromatic N) is 3. The van der Waals surface area contributed by atoms with Crippen LogP contribution in [-0.4, -0.2) is 65.4 Å². The summed E-state index contributed by atoms with van der Waals surface area (Å²) in [4.78, 5) is 7.64. The van der Waals surface area contributed by atoms with Crippen molar-refractivity contribution in [2.24, 2.45) is 0 Å². The van der Waals surface area contributed by atoms with E-state index in [4.69, 9.17) is 4.74 Å². The number of sulfonamides is 1. The molecule has 1 aromatic rings. The minimum absolute atomic E-state index is 0.0201. The van der Waals surface area contributed by atoms with Gasteiger partial charge in [-0.25, -0.2) is 17.7 Å². The average Bonchev–Trinajstić information content (AvgIpc) is 2.98. The molecule has 2 aliphatic rings. The molecule has 8 nitrogen and oxygen atoms in total. The smallest absolute Gasteiger partial charge is 0.423 e. The number of aliphatic hydroxyl groups excluding tert-OH is 1. The van der Waals surface area contributed by atoms with Crippen LogP contribution in [0.3, 0.4) is 0 Å². The van der Waals surface area contributed by atoms with Crippen LogP contribution in [0.4, 0.5) is 19.1 Å². The quantitative estimate of drug-likeness (QED) is 0.740. The topological polar surface area (TPSA) is 105 Å². The highest BCUT2D eigenvalue weighted by Crippen LogP contribution is 2.37. The van der Waals surface area contributed by atoms with E-state index in [9.17, 15) is 26.7 Å². The van der Waals surface area contributed by atoms with Crippen molar-refractivity contribution in [3.05, 3.63) is 11.8 Å². The Balaban J connectivity index is 1.73. The molecule has 12 heteroatoms. The summed E-state index contributed by atoms with van der Waals surface area (Å²) < 4.78 is 69.6. The Labute approximate surface area is 161 Å². The molecule has 0 bridgehead atoms. The Hall–Kier alpha value is -1.66. The third kappa shape index (κ3) is 5.03. The molecule has 1 aliphatic heterocycles. The minimum Gasteiger partial charge on any atom is -0.471 e. The molecule has 158 valence electrons. The Morgan fingerprint density at radius 3 is 2.46 bits per heavy atom. The number of aliphatic hydroxyl groups is 1. The van der Waals surface area contributed by atoms with Crippen LogP contribution >= 0.6 is 0 Å². The molecule has 0 radical (unpaired) electrons. The monoisotopic (exact) mass is 424 g/mol. The molecule has 1 aromatic heterocycles. The van der Waals surface area contributed by atoms with Crippen molar-refractivity contribution in [1.29, 1.82) is 0 Å². The van der Waals surface area contributed by atoms with Crippen molar-refractivity contribution in [1.82, 2.24) is 14.3 Å². The standard InChI is InChI=1S/C16H23F3N4O4S/c1-28(25,26)23-7-5-10(6-8-23)21-15-20-9-11(16(17,18)19)14(22-15)27-13-4-2-3-12(13)24/h9-10,12-13,24H,2-8H2,1H3,(H,20,21,22)/t12-,13+/m1/s1. The van der Waals surface area contributed by atoms with Crippen LogP contribution in [0.1, 0.15) is 37.7 Å². The molecule has 2 heterocycles. The lowest BCUT2D eigenvalue weighted by Gasteiger charge is -2.30. The number of hydrogen-bond acceptors (Lipinski definition) is 7. The zero-order valence-corrected chi connectivity index (χ0v) is 16.1. The lowest BCUT2D eigenvalue weighted by molar-refractivity contribution is -0.140. The van der Waals surface area contributed by atoms with Crippen molar-refractivity contribution in [3.8, 4) is 5.88 Å². The van der Waals surface area contributed by atoms with Crippen LogP contribution in [0.5, 0.6) is 5.88 Å². The highest BCUT2D eigenvalue weighted by molar-refractivity contribution is 7.88. The number of piperidine rings is 1. The van der Waals surface area contributed by atoms with Gasteiger partial charge in [0.05, 0.1) is 12.4 Å². The molecule has 1 saturated heterocycles. The number of rotatable bonds is 5. The zero-order chi connectivity index (χ0) is 20.5. The summed E-state index contributed by atoms with van der Waals surface area (Å²) in [6.45, 7) is 0.628. The second kappa shape index (κ2) is 7.99. The van der Waals surface area contributed by atoms with Gasteiger partial charge < -0.3 is 15.2 Å². The van der Waals surface area contributed by atoms with Gasteiger partial charge in [-0.1, -0.05) is 0 Å². The van der Waals surface area contributed by atoms with E-state index in [1.54, 1.807) is 0 Å². The normalized spacial score (nSPS) is 25.0. The number of nitrogens with one attached hydrogen (secondary N) is 1. The SMILES string of the molecule is CS(=O)(=O)N1CCC(Nc2ncc(C(F)(F)F)c(O[C@H]3CCC[C@H]3O)n2)CC1. The number of ether oxygens (including phenoxy) is 1. The van der Waals surface area contributed by atoms with E-state index < -0.39 is 39.9 Å². The largest absolute Gasteiger partial charge is 0.471 e. The molecule has 0 unspecified atom stereocenters. The van der Waals surface area contributed by atoms with Crippen LogP contribution < -0.4 is 10.1 Å². The van der Waals surface area contributed by atoms with Crippen LogP contribution in [0.2, 0.25) is 0 Å². The number of aromatic nitrogens is 2. The van der Waals surface area contributed by atoms with E-state index in [0.717, 1.165) is 6.26 Å². The van der Waals surface area contributed by atoms with Crippen molar-refractivity contribution in [3.63, 3.8) is 0 Å². The number of alkyl halides is 3. The van der Waals surface area contributed by atoms with Gasteiger partial charge in [0.2, 0.25) is 21.9 Å². The van der Waals surface area contributed by atoms with Gasteiger partial charge in [0.15, 0.2) is 0 Å². The Morgan fingerprint density at radius 2 is 1.93 bits per heavy atom. The summed E-state index contributed by atoms with van der Waals surface area (Å²) in [5, 5.41) is 12.8. The van der Waals surface area contributed by atoms with Crippen molar-refractivity contribution in [2.45, 2.75) is 56.5 Å². The van der Waals surface area contributed by atoms with Gasteiger partial charge in [0.25, 0.3) is 0 Å². The lowest BCUT2D eigenvalue weighted by atomic mass is 10.1. The van der Waals surface area contributed by atoms with Crippen LogP contribution in [0.25, 0.3) is 0 Å². The minimum atomic E-state index is -4.68. The van der Waals surface area contributed by atoms with Crippen LogP contribution in [0, 0.1) is 0 Å². The zero-order valence-electron chi connectivity index (χ0n) is 15.3. The van der Waals surface area contributed by atoms with Gasteiger partial charge in [-0.3, -0.25) is 0 Å². The van der Waals surface area contributed by atoms with Gasteiger partial charge in [-0.15, -0.1) is 0 Å². The maximum atomic E-state index is 13.3. The summed E-state index contributed by atoms with van der Waals surface area (Å²) in [6, 6.07) is -0.167. The Kier molecular flexibility index (Phi) is 6.01. The first-order chi connectivity index (χ1) is 13.0. The molecule has 3 rings (SSSR count). The molecule has 0 amide bonds. The number of anilines is 1. The van der Waals surface area contributed by atoms with E-state index >= 15 is 0 Å². The third-order valence-corrected chi connectivity index (χ3v) is 6.30. The Bertz CT molecular complexity index is 798. The molecule has 0 spiro atoms. The first-order valence-corrected chi connectivity index (χ1v) is 10.9. The molecular formula is C16H23F3N4O4S. The van der Waals surface area contributed by atoms with E-state index in [-0.39, 0.29) is 12.0 Å². The predicted octanol–water partition coefficient (Wildman–Crippen LogP) is 1.62. The van der Waals surface area contributed by atoms with E-state index in [0.29, 0.717) is 51.4 Å². The molecule has 1 aliphatic carbocycles. The van der Waals surface area contributed by atoms with Gasteiger partial charge in [-0.05, 0) is 32.1 Å². The van der Waals surface area contributed by atoms with E-state index in [1.165, 1.54) is 4.31 Å². The maximum Gasteiger partial charge on any atom is 0.423 e. The molecular weight excluding hydrogens is 401 g/mol. The Morgan fingerprint density at radius 1 is 1.25 bits per heavy atom. The first-order valence-electron chi connectivity index (χ1n) is 9.04. The fourth-order valence-corrected chi connectivity index (χ4v) is 4.30. The highest BCUT2D eigenvalue weighted by atomic mass is 32.2. The molecule has 2 fully saturated rings. The summed E-state index contributed by atoms with van der Waals surface area (Å²) in [5.74, 6) is -0.627. The van der Waals surface area contributed by atoms with Crippen molar-refractivity contribution >= 4 is 16.0 Å². The summed E-state index contributed by atoms with van der Waals surface area (Å²) in [7, 11) is -3.26. The van der Waals surface area contributed by atoms with E-state index in [2.05, 4.69) is 15.3 Å². The molecule has 1 saturated carbocycles. The van der Waals surface area contributed by atoms with Gasteiger partial charge >= 0.3 is 6.18 Å². The first kappa shape index (κ1) is 21.1. The predicted molar refractivity (Wildman–Crippen MR) is 94.4 cm³/mol. The van der Waals surface area contributed by atoms with Gasteiger partial charge in [-0.2, -0.15) is 18.2 Å². The number of halogens is 3.